The molecule has 1 fully saturated rings. The Morgan fingerprint density at radius 1 is 1.53 bits per heavy atom. The number of hydrogen-bond donors (Lipinski definition) is 1. The number of carbonyl (C=O) groups is 1. The van der Waals surface area contributed by atoms with E-state index in [1.807, 2.05) is 0 Å². The Kier molecular flexibility index (Phi) is 3.14. The molecule has 0 aliphatic carbocycles. The minimum Gasteiger partial charge on any atom is -0.482 e. The maximum Gasteiger partial charge on any atom is 0.340 e. The van der Waals surface area contributed by atoms with E-state index in [1.165, 1.54) is 13.2 Å². The van der Waals surface area contributed by atoms with Crippen molar-refractivity contribution in [1.82, 2.24) is 0 Å². The SMILES string of the molecule is COC(=O)c1cc(OC2COC2)c(F)cc1N. The minimum absolute atomic E-state index is 0.0200. The van der Waals surface area contributed by atoms with E-state index >= 15 is 0 Å². The van der Waals surface area contributed by atoms with E-state index < -0.39 is 11.8 Å². The first-order chi connectivity index (χ1) is 8.11. The zero-order valence-electron chi connectivity index (χ0n) is 9.23. The highest BCUT2D eigenvalue weighted by Crippen LogP contribution is 2.26. The van der Waals surface area contributed by atoms with Crippen molar-refractivity contribution in [3.63, 3.8) is 0 Å². The molecule has 0 bridgehead atoms. The predicted octanol–water partition coefficient (Wildman–Crippen LogP) is 0.972. The van der Waals surface area contributed by atoms with Crippen LogP contribution in [0.15, 0.2) is 12.1 Å². The van der Waals surface area contributed by atoms with Gasteiger partial charge in [0.25, 0.3) is 0 Å². The minimum atomic E-state index is -0.628. The number of halogens is 1. The van der Waals surface area contributed by atoms with Gasteiger partial charge >= 0.3 is 5.97 Å². The average molecular weight is 241 g/mol. The normalized spacial score (nSPS) is 15.2. The summed E-state index contributed by atoms with van der Waals surface area (Å²) in [7, 11) is 1.23. The van der Waals surface area contributed by atoms with E-state index in [1.54, 1.807) is 0 Å². The second-order valence-electron chi connectivity index (χ2n) is 3.64. The van der Waals surface area contributed by atoms with Crippen LogP contribution in [0.25, 0.3) is 0 Å². The van der Waals surface area contributed by atoms with Gasteiger partial charge in [0, 0.05) is 11.8 Å². The lowest BCUT2D eigenvalue weighted by atomic mass is 10.1. The number of rotatable bonds is 3. The lowest BCUT2D eigenvalue weighted by Gasteiger charge is -2.27. The highest BCUT2D eigenvalue weighted by molar-refractivity contribution is 5.95. The molecule has 92 valence electrons. The van der Waals surface area contributed by atoms with Crippen molar-refractivity contribution >= 4 is 11.7 Å². The number of methoxy groups -OCH3 is 1. The maximum absolute atomic E-state index is 13.5. The first-order valence-electron chi connectivity index (χ1n) is 5.03. The largest absolute Gasteiger partial charge is 0.482 e. The van der Waals surface area contributed by atoms with Crippen molar-refractivity contribution in [2.45, 2.75) is 6.10 Å². The van der Waals surface area contributed by atoms with Gasteiger partial charge in [-0.15, -0.1) is 0 Å². The Balaban J connectivity index is 2.27. The Bertz CT molecular complexity index is 445. The number of carbonyl (C=O) groups excluding carboxylic acids is 1. The predicted molar refractivity (Wildman–Crippen MR) is 57.4 cm³/mol. The van der Waals surface area contributed by atoms with Crippen LogP contribution in [0.3, 0.4) is 0 Å². The maximum atomic E-state index is 13.5. The molecule has 1 aliphatic heterocycles. The highest BCUT2D eigenvalue weighted by Gasteiger charge is 2.23. The number of benzene rings is 1. The third-order valence-electron chi connectivity index (χ3n) is 2.41. The molecular weight excluding hydrogens is 229 g/mol. The molecule has 1 aromatic carbocycles. The number of esters is 1. The van der Waals surface area contributed by atoms with Gasteiger partial charge in [0.2, 0.25) is 0 Å². The first-order valence-corrected chi connectivity index (χ1v) is 5.03. The van der Waals surface area contributed by atoms with Crippen LogP contribution in [0, 0.1) is 5.82 Å². The molecule has 2 rings (SSSR count). The van der Waals surface area contributed by atoms with Crippen molar-refractivity contribution in [3.8, 4) is 5.75 Å². The number of anilines is 1. The van der Waals surface area contributed by atoms with Gasteiger partial charge in [0.15, 0.2) is 11.6 Å². The van der Waals surface area contributed by atoms with Crippen LogP contribution in [0.4, 0.5) is 10.1 Å². The van der Waals surface area contributed by atoms with Gasteiger partial charge < -0.3 is 19.9 Å². The molecule has 1 heterocycles. The van der Waals surface area contributed by atoms with Crippen molar-refractivity contribution < 1.29 is 23.4 Å². The molecule has 0 unspecified atom stereocenters. The number of nitrogen functional groups attached to an aromatic ring is 1. The Morgan fingerprint density at radius 3 is 2.76 bits per heavy atom. The fourth-order valence-electron chi connectivity index (χ4n) is 1.41. The summed E-state index contributed by atoms with van der Waals surface area (Å²) in [6, 6.07) is 2.29. The number of nitrogens with two attached hydrogens (primary N) is 1. The molecule has 6 heteroatoms. The molecule has 1 aromatic rings. The fourth-order valence-corrected chi connectivity index (χ4v) is 1.41. The molecule has 0 atom stereocenters. The molecule has 0 aromatic heterocycles. The summed E-state index contributed by atoms with van der Waals surface area (Å²) in [5.41, 5.74) is 5.63. The highest BCUT2D eigenvalue weighted by atomic mass is 19.1. The summed E-state index contributed by atoms with van der Waals surface area (Å²) in [6.45, 7) is 0.828. The summed E-state index contributed by atoms with van der Waals surface area (Å²) in [4.78, 5) is 11.4. The molecule has 0 radical (unpaired) electrons. The summed E-state index contributed by atoms with van der Waals surface area (Å²) < 4.78 is 28.3. The van der Waals surface area contributed by atoms with Gasteiger partial charge in [-0.05, 0) is 6.07 Å². The Hall–Kier alpha value is -1.82. The third-order valence-corrected chi connectivity index (χ3v) is 2.41. The molecule has 1 aliphatic rings. The third kappa shape index (κ3) is 2.31. The van der Waals surface area contributed by atoms with E-state index in [4.69, 9.17) is 15.2 Å². The molecule has 5 nitrogen and oxygen atoms in total. The lowest BCUT2D eigenvalue weighted by Crippen LogP contribution is -2.38. The smallest absolute Gasteiger partial charge is 0.340 e. The topological polar surface area (TPSA) is 70.8 Å². The van der Waals surface area contributed by atoms with E-state index in [0.717, 1.165) is 6.07 Å². The van der Waals surface area contributed by atoms with Gasteiger partial charge in [-0.25, -0.2) is 9.18 Å². The zero-order valence-corrected chi connectivity index (χ0v) is 9.23. The number of ether oxygens (including phenoxy) is 3. The van der Waals surface area contributed by atoms with Crippen LogP contribution in [0.1, 0.15) is 10.4 Å². The van der Waals surface area contributed by atoms with Crippen LogP contribution < -0.4 is 10.5 Å². The second-order valence-corrected chi connectivity index (χ2v) is 3.64. The van der Waals surface area contributed by atoms with Crippen LogP contribution in [-0.4, -0.2) is 32.4 Å². The van der Waals surface area contributed by atoms with Crippen molar-refractivity contribution in [3.05, 3.63) is 23.5 Å². The standard InChI is InChI=1S/C11H12FNO4/c1-15-11(14)7-2-10(8(12)3-9(7)13)17-6-4-16-5-6/h2-3,6H,4-5,13H2,1H3. The molecular formula is C11H12FNO4. The van der Waals surface area contributed by atoms with E-state index in [2.05, 4.69) is 4.74 Å². The molecule has 2 N–H and O–H groups in total. The van der Waals surface area contributed by atoms with Crippen molar-refractivity contribution in [2.75, 3.05) is 26.1 Å². The van der Waals surface area contributed by atoms with Crippen LogP contribution in [0.5, 0.6) is 5.75 Å². The van der Waals surface area contributed by atoms with Gasteiger partial charge in [0.1, 0.15) is 6.10 Å². The van der Waals surface area contributed by atoms with Gasteiger partial charge in [-0.1, -0.05) is 0 Å². The Morgan fingerprint density at radius 2 is 2.24 bits per heavy atom. The van der Waals surface area contributed by atoms with Gasteiger partial charge in [-0.3, -0.25) is 0 Å². The average Bonchev–Trinajstić information content (AvgIpc) is 2.24. The van der Waals surface area contributed by atoms with E-state index in [9.17, 15) is 9.18 Å². The van der Waals surface area contributed by atoms with Crippen LogP contribution >= 0.6 is 0 Å². The van der Waals surface area contributed by atoms with Crippen LogP contribution in [0.2, 0.25) is 0 Å². The van der Waals surface area contributed by atoms with Gasteiger partial charge in [-0.2, -0.15) is 0 Å². The fraction of sp³-hybridized carbons (Fsp3) is 0.364. The summed E-state index contributed by atoms with van der Waals surface area (Å²) in [6.07, 6.45) is -0.182. The zero-order chi connectivity index (χ0) is 12.4. The monoisotopic (exact) mass is 241 g/mol. The second kappa shape index (κ2) is 4.58. The molecule has 17 heavy (non-hydrogen) atoms. The van der Waals surface area contributed by atoms with E-state index in [-0.39, 0.29) is 23.1 Å². The number of hydrogen-bond acceptors (Lipinski definition) is 5. The molecule has 0 spiro atoms. The summed E-state index contributed by atoms with van der Waals surface area (Å²) >= 11 is 0. The van der Waals surface area contributed by atoms with E-state index in [0.29, 0.717) is 13.2 Å². The Labute approximate surface area is 97.3 Å². The quantitative estimate of drug-likeness (QED) is 0.630. The van der Waals surface area contributed by atoms with Crippen LogP contribution in [-0.2, 0) is 9.47 Å². The molecule has 0 amide bonds. The summed E-state index contributed by atoms with van der Waals surface area (Å²) in [5, 5.41) is 0. The molecule has 0 saturated carbocycles. The van der Waals surface area contributed by atoms with Crippen molar-refractivity contribution in [1.29, 1.82) is 0 Å². The van der Waals surface area contributed by atoms with Gasteiger partial charge in [0.05, 0.1) is 25.9 Å². The first kappa shape index (κ1) is 11.7. The lowest BCUT2D eigenvalue weighted by molar-refractivity contribution is -0.0809. The molecule has 1 saturated heterocycles. The summed E-state index contributed by atoms with van der Waals surface area (Å²) in [5.74, 6) is -1.26. The van der Waals surface area contributed by atoms with Crippen molar-refractivity contribution in [2.24, 2.45) is 0 Å².